The van der Waals surface area contributed by atoms with Crippen LogP contribution in [0, 0.1) is 5.41 Å². The highest BCUT2D eigenvalue weighted by Crippen LogP contribution is 2.43. The molecule has 0 amide bonds. The minimum absolute atomic E-state index is 0.0716. The van der Waals surface area contributed by atoms with Crippen molar-refractivity contribution in [2.24, 2.45) is 11.1 Å². The summed E-state index contributed by atoms with van der Waals surface area (Å²) in [5.74, 6) is -0.0716. The number of nitrogens with two attached hydrogens (primary N) is 1. The molecule has 0 bridgehead atoms. The molecular formula is C15H18FN. The van der Waals surface area contributed by atoms with Gasteiger partial charge in [-0.05, 0) is 29.2 Å². The summed E-state index contributed by atoms with van der Waals surface area (Å²) in [6.45, 7) is 4.23. The largest absolute Gasteiger partial charge is 0.326 e. The van der Waals surface area contributed by atoms with Crippen LogP contribution in [0.25, 0.3) is 5.57 Å². The monoisotopic (exact) mass is 231 g/mol. The molecule has 1 aromatic rings. The molecule has 1 aliphatic carbocycles. The number of hydrogen-bond acceptors (Lipinski definition) is 1. The van der Waals surface area contributed by atoms with E-state index in [1.165, 1.54) is 5.57 Å². The van der Waals surface area contributed by atoms with Crippen LogP contribution in [-0.4, -0.2) is 6.54 Å². The minimum atomic E-state index is -0.427. The smallest absolute Gasteiger partial charge is 0.106 e. The SMILES string of the molecule is CC1(C)CC(c2ccccc2)=C(CN)C=C1F. The Morgan fingerprint density at radius 3 is 2.47 bits per heavy atom. The second-order valence-corrected chi connectivity index (χ2v) is 5.13. The van der Waals surface area contributed by atoms with Gasteiger partial charge in [0.2, 0.25) is 0 Å². The highest BCUT2D eigenvalue weighted by atomic mass is 19.1. The maximum absolute atomic E-state index is 13.9. The maximum Gasteiger partial charge on any atom is 0.106 e. The first-order valence-electron chi connectivity index (χ1n) is 5.90. The van der Waals surface area contributed by atoms with Gasteiger partial charge in [0, 0.05) is 12.0 Å². The van der Waals surface area contributed by atoms with Crippen molar-refractivity contribution in [3.8, 4) is 0 Å². The van der Waals surface area contributed by atoms with Gasteiger partial charge in [-0.2, -0.15) is 0 Å². The molecule has 17 heavy (non-hydrogen) atoms. The number of rotatable bonds is 2. The predicted octanol–water partition coefficient (Wildman–Crippen LogP) is 3.68. The number of hydrogen-bond donors (Lipinski definition) is 1. The van der Waals surface area contributed by atoms with E-state index < -0.39 is 5.41 Å². The lowest BCUT2D eigenvalue weighted by atomic mass is 9.76. The van der Waals surface area contributed by atoms with Crippen molar-refractivity contribution in [1.29, 1.82) is 0 Å². The van der Waals surface area contributed by atoms with Gasteiger partial charge in [0.05, 0.1) is 0 Å². The molecule has 2 N–H and O–H groups in total. The zero-order chi connectivity index (χ0) is 12.5. The summed E-state index contributed by atoms with van der Waals surface area (Å²) >= 11 is 0. The number of benzene rings is 1. The second-order valence-electron chi connectivity index (χ2n) is 5.13. The molecule has 0 saturated carbocycles. The molecule has 2 rings (SSSR count). The van der Waals surface area contributed by atoms with Crippen molar-refractivity contribution in [2.75, 3.05) is 6.54 Å². The molecule has 1 aliphatic rings. The van der Waals surface area contributed by atoms with Crippen molar-refractivity contribution in [1.82, 2.24) is 0 Å². The van der Waals surface area contributed by atoms with Gasteiger partial charge in [0.1, 0.15) is 5.83 Å². The van der Waals surface area contributed by atoms with Crippen molar-refractivity contribution in [3.63, 3.8) is 0 Å². The standard InChI is InChI=1S/C15H18FN/c1-15(2)9-13(11-6-4-3-5-7-11)12(10-17)8-14(15)16/h3-8H,9-10,17H2,1-2H3. The molecular weight excluding hydrogens is 213 g/mol. The average Bonchev–Trinajstić information content (AvgIpc) is 2.33. The second kappa shape index (κ2) is 4.46. The fourth-order valence-electron chi connectivity index (χ4n) is 2.18. The van der Waals surface area contributed by atoms with Crippen LogP contribution >= 0.6 is 0 Å². The molecule has 0 fully saturated rings. The van der Waals surface area contributed by atoms with E-state index in [-0.39, 0.29) is 5.83 Å². The Morgan fingerprint density at radius 2 is 1.88 bits per heavy atom. The molecule has 90 valence electrons. The summed E-state index contributed by atoms with van der Waals surface area (Å²) in [5.41, 5.74) is 8.51. The molecule has 0 aromatic heterocycles. The van der Waals surface area contributed by atoms with E-state index in [1.54, 1.807) is 6.08 Å². The summed E-state index contributed by atoms with van der Waals surface area (Å²) in [4.78, 5) is 0. The molecule has 2 heteroatoms. The number of halogens is 1. The average molecular weight is 231 g/mol. The summed E-state index contributed by atoms with van der Waals surface area (Å²) in [7, 11) is 0. The third kappa shape index (κ3) is 2.32. The van der Waals surface area contributed by atoms with Crippen LogP contribution in [0.1, 0.15) is 25.8 Å². The van der Waals surface area contributed by atoms with Gasteiger partial charge in [-0.25, -0.2) is 4.39 Å². The first kappa shape index (κ1) is 12.1. The van der Waals surface area contributed by atoms with Crippen LogP contribution in [0.5, 0.6) is 0 Å². The first-order valence-corrected chi connectivity index (χ1v) is 5.90. The zero-order valence-corrected chi connectivity index (χ0v) is 10.3. The van der Waals surface area contributed by atoms with Gasteiger partial charge in [-0.15, -0.1) is 0 Å². The summed E-state index contributed by atoms with van der Waals surface area (Å²) in [5, 5.41) is 0. The molecule has 0 saturated heterocycles. The molecule has 0 aliphatic heterocycles. The van der Waals surface area contributed by atoms with E-state index in [1.807, 2.05) is 32.0 Å². The lowest BCUT2D eigenvalue weighted by Gasteiger charge is -2.30. The predicted molar refractivity (Wildman–Crippen MR) is 70.0 cm³/mol. The Labute approximate surface area is 102 Å². The van der Waals surface area contributed by atoms with Gasteiger partial charge < -0.3 is 5.73 Å². The molecule has 0 heterocycles. The van der Waals surface area contributed by atoms with Crippen LogP contribution in [0.3, 0.4) is 0 Å². The van der Waals surface area contributed by atoms with Gasteiger partial charge >= 0.3 is 0 Å². The fourth-order valence-corrected chi connectivity index (χ4v) is 2.18. The third-order valence-corrected chi connectivity index (χ3v) is 3.30. The van der Waals surface area contributed by atoms with Crippen LogP contribution in [0.2, 0.25) is 0 Å². The highest BCUT2D eigenvalue weighted by molar-refractivity contribution is 5.73. The van der Waals surface area contributed by atoms with Crippen molar-refractivity contribution in [2.45, 2.75) is 20.3 Å². The lowest BCUT2D eigenvalue weighted by Crippen LogP contribution is -2.20. The lowest BCUT2D eigenvalue weighted by molar-refractivity contribution is 0.351. The molecule has 0 spiro atoms. The van der Waals surface area contributed by atoms with Crippen LogP contribution in [-0.2, 0) is 0 Å². The van der Waals surface area contributed by atoms with Gasteiger partial charge in [0.25, 0.3) is 0 Å². The quantitative estimate of drug-likeness (QED) is 0.825. The molecule has 1 aromatic carbocycles. The Hall–Kier alpha value is -1.41. The minimum Gasteiger partial charge on any atom is -0.326 e. The number of allylic oxidation sites excluding steroid dienone is 2. The van der Waals surface area contributed by atoms with Gasteiger partial charge in [-0.1, -0.05) is 44.2 Å². The van der Waals surface area contributed by atoms with Crippen LogP contribution < -0.4 is 5.73 Å². The highest BCUT2D eigenvalue weighted by Gasteiger charge is 2.30. The first-order chi connectivity index (χ1) is 8.04. The van der Waals surface area contributed by atoms with Crippen LogP contribution in [0.15, 0.2) is 47.8 Å². The van der Waals surface area contributed by atoms with Gasteiger partial charge in [0.15, 0.2) is 0 Å². The zero-order valence-electron chi connectivity index (χ0n) is 10.3. The van der Waals surface area contributed by atoms with Crippen molar-refractivity contribution >= 4 is 5.57 Å². The molecule has 0 unspecified atom stereocenters. The fraction of sp³-hybridized carbons (Fsp3) is 0.333. The van der Waals surface area contributed by atoms with E-state index in [9.17, 15) is 4.39 Å². The van der Waals surface area contributed by atoms with Crippen molar-refractivity contribution < 1.29 is 4.39 Å². The maximum atomic E-state index is 13.9. The summed E-state index contributed by atoms with van der Waals surface area (Å²) in [6.07, 6.45) is 2.30. The van der Waals surface area contributed by atoms with E-state index in [2.05, 4.69) is 12.1 Å². The Balaban J connectivity index is 2.50. The van der Waals surface area contributed by atoms with E-state index in [0.717, 1.165) is 11.1 Å². The molecule has 0 radical (unpaired) electrons. The Morgan fingerprint density at radius 1 is 1.24 bits per heavy atom. The van der Waals surface area contributed by atoms with Gasteiger partial charge in [-0.3, -0.25) is 0 Å². The van der Waals surface area contributed by atoms with Crippen LogP contribution in [0.4, 0.5) is 4.39 Å². The van der Waals surface area contributed by atoms with E-state index in [0.29, 0.717) is 13.0 Å². The summed E-state index contributed by atoms with van der Waals surface area (Å²) in [6, 6.07) is 10.1. The van der Waals surface area contributed by atoms with E-state index >= 15 is 0 Å². The third-order valence-electron chi connectivity index (χ3n) is 3.30. The Kier molecular flexibility index (Phi) is 3.16. The topological polar surface area (TPSA) is 26.0 Å². The van der Waals surface area contributed by atoms with Crippen molar-refractivity contribution in [3.05, 3.63) is 53.4 Å². The summed E-state index contributed by atoms with van der Waals surface area (Å²) < 4.78 is 13.9. The van der Waals surface area contributed by atoms with E-state index in [4.69, 9.17) is 5.73 Å². The Bertz CT molecular complexity index is 469. The normalized spacial score (nSPS) is 19.2. The molecule has 0 atom stereocenters. The molecule has 1 nitrogen and oxygen atoms in total.